The third-order valence-electron chi connectivity index (χ3n) is 13.4. The molecule has 0 aliphatic rings. The van der Waals surface area contributed by atoms with Crippen LogP contribution in [0, 0.1) is 0 Å². The van der Waals surface area contributed by atoms with Crippen molar-refractivity contribution in [1.82, 2.24) is 13.7 Å². The third-order valence-corrected chi connectivity index (χ3v) is 13.4. The van der Waals surface area contributed by atoms with E-state index in [9.17, 15) is 0 Å². The number of furan rings is 1. The van der Waals surface area contributed by atoms with Crippen molar-refractivity contribution in [3.8, 4) is 39.3 Å². The normalized spacial score (nSPS) is 12.1. The van der Waals surface area contributed by atoms with Crippen LogP contribution in [-0.2, 0) is 0 Å². The summed E-state index contributed by atoms with van der Waals surface area (Å²) in [4.78, 5) is 0. The van der Waals surface area contributed by atoms with Crippen molar-refractivity contribution in [2.45, 2.75) is 0 Å². The molecule has 0 aliphatic heterocycles. The van der Waals surface area contributed by atoms with Gasteiger partial charge in [0.1, 0.15) is 11.2 Å². The molecule has 4 heterocycles. The van der Waals surface area contributed by atoms with Gasteiger partial charge in [-0.05, 0) is 72.3 Å². The second-order valence-electron chi connectivity index (χ2n) is 16.8. The third kappa shape index (κ3) is 4.88. The molecule has 0 atom stereocenters. The van der Waals surface area contributed by atoms with Gasteiger partial charge in [-0.15, -0.1) is 0 Å². The van der Waals surface area contributed by atoms with Crippen molar-refractivity contribution < 1.29 is 4.42 Å². The van der Waals surface area contributed by atoms with Gasteiger partial charge >= 0.3 is 0 Å². The van der Waals surface area contributed by atoms with Gasteiger partial charge in [0.05, 0.1) is 33.1 Å². The average molecular weight is 816 g/mol. The molecule has 4 heteroatoms. The molecule has 0 bridgehead atoms. The standard InChI is InChI=1S/C60H37N3O/c1-3-17-38(18-4-1)61-52-29-11-9-23-43(52)51-37-40(33-36-55(51)61)63-54-31-13-7-21-41(54)46-25-15-28-50(58(46)63)57-45(49-27-16-26-48-44-24-10-14-32-56(44)64-60(48)49)34-35-47-42-22-8-12-30-53(42)62(59(47)57)39-19-5-2-6-20-39/h1-37H. The van der Waals surface area contributed by atoms with Crippen LogP contribution >= 0.6 is 0 Å². The van der Waals surface area contributed by atoms with Gasteiger partial charge < -0.3 is 18.1 Å². The number of aromatic nitrogens is 3. The van der Waals surface area contributed by atoms with E-state index in [0.717, 1.165) is 83.3 Å². The number of para-hydroxylation sites is 8. The zero-order valence-electron chi connectivity index (χ0n) is 34.6. The molecule has 0 fully saturated rings. The zero-order chi connectivity index (χ0) is 41.9. The van der Waals surface area contributed by atoms with Crippen molar-refractivity contribution in [3.63, 3.8) is 0 Å². The molecule has 0 N–H and O–H groups in total. The fraction of sp³-hybridized carbons (Fsp3) is 0. The van der Waals surface area contributed by atoms with Gasteiger partial charge in [-0.1, -0.05) is 158 Å². The Morgan fingerprint density at radius 1 is 0.266 bits per heavy atom. The first-order valence-corrected chi connectivity index (χ1v) is 21.9. The molecule has 10 aromatic carbocycles. The quantitative estimate of drug-likeness (QED) is 0.170. The maximum Gasteiger partial charge on any atom is 0.143 e. The number of nitrogens with zero attached hydrogens (tertiary/aromatic N) is 3. The Bertz CT molecular complexity index is 4180. The first-order valence-electron chi connectivity index (χ1n) is 21.9. The molecule has 4 aromatic heterocycles. The van der Waals surface area contributed by atoms with Crippen LogP contribution in [0.15, 0.2) is 229 Å². The number of hydrogen-bond acceptors (Lipinski definition) is 1. The van der Waals surface area contributed by atoms with Gasteiger partial charge in [0.2, 0.25) is 0 Å². The molecule has 14 rings (SSSR count). The van der Waals surface area contributed by atoms with E-state index in [-0.39, 0.29) is 0 Å². The molecular formula is C60H37N3O. The Labute approximate surface area is 367 Å². The zero-order valence-corrected chi connectivity index (χ0v) is 34.6. The summed E-state index contributed by atoms with van der Waals surface area (Å²) in [5.41, 5.74) is 16.6. The highest BCUT2D eigenvalue weighted by Gasteiger charge is 2.26. The van der Waals surface area contributed by atoms with Gasteiger partial charge in [0.25, 0.3) is 0 Å². The summed E-state index contributed by atoms with van der Waals surface area (Å²) >= 11 is 0. The molecule has 0 saturated heterocycles. The molecule has 0 unspecified atom stereocenters. The van der Waals surface area contributed by atoms with E-state index in [4.69, 9.17) is 4.42 Å². The predicted molar refractivity (Wildman–Crippen MR) is 268 cm³/mol. The van der Waals surface area contributed by atoms with Gasteiger partial charge in [0.15, 0.2) is 0 Å². The predicted octanol–water partition coefficient (Wildman–Crippen LogP) is 16.2. The lowest BCUT2D eigenvalue weighted by molar-refractivity contribution is 0.670. The monoisotopic (exact) mass is 815 g/mol. The van der Waals surface area contributed by atoms with E-state index in [2.05, 4.69) is 238 Å². The Kier molecular flexibility index (Phi) is 7.36. The SMILES string of the molecule is c1ccc(-n2c3ccccc3c3cc(-n4c5ccccc5c5cccc(-c6c(-c7cccc8c7oc7ccccc78)ccc7c8ccccc8n(-c8ccccc8)c67)c54)ccc32)cc1. The van der Waals surface area contributed by atoms with Crippen LogP contribution < -0.4 is 0 Å². The van der Waals surface area contributed by atoms with Gasteiger partial charge in [-0.3, -0.25) is 0 Å². The van der Waals surface area contributed by atoms with Crippen LogP contribution in [0.5, 0.6) is 0 Å². The second-order valence-corrected chi connectivity index (χ2v) is 16.8. The van der Waals surface area contributed by atoms with Crippen LogP contribution in [-0.4, -0.2) is 13.7 Å². The summed E-state index contributed by atoms with van der Waals surface area (Å²) in [6.45, 7) is 0. The maximum atomic E-state index is 6.84. The molecule has 14 aromatic rings. The van der Waals surface area contributed by atoms with Crippen molar-refractivity contribution in [1.29, 1.82) is 0 Å². The highest BCUT2D eigenvalue weighted by molar-refractivity contribution is 6.23. The summed E-state index contributed by atoms with van der Waals surface area (Å²) in [7, 11) is 0. The lowest BCUT2D eigenvalue weighted by Crippen LogP contribution is -2.00. The number of hydrogen-bond donors (Lipinski definition) is 0. The smallest absolute Gasteiger partial charge is 0.143 e. The Balaban J connectivity index is 1.15. The minimum Gasteiger partial charge on any atom is -0.455 e. The molecule has 0 spiro atoms. The molecule has 0 aliphatic carbocycles. The molecule has 0 saturated carbocycles. The van der Waals surface area contributed by atoms with Crippen molar-refractivity contribution in [3.05, 3.63) is 224 Å². The van der Waals surface area contributed by atoms with Gasteiger partial charge in [0, 0.05) is 76.8 Å². The van der Waals surface area contributed by atoms with Crippen molar-refractivity contribution in [2.75, 3.05) is 0 Å². The average Bonchev–Trinajstić information content (AvgIpc) is 4.11. The van der Waals surface area contributed by atoms with Crippen molar-refractivity contribution in [2.24, 2.45) is 0 Å². The highest BCUT2D eigenvalue weighted by Crippen LogP contribution is 2.49. The molecular weight excluding hydrogens is 779 g/mol. The van der Waals surface area contributed by atoms with Crippen LogP contribution in [0.1, 0.15) is 0 Å². The number of fused-ring (bicyclic) bond motifs is 12. The molecule has 4 nitrogen and oxygen atoms in total. The van der Waals surface area contributed by atoms with Crippen LogP contribution in [0.3, 0.4) is 0 Å². The van der Waals surface area contributed by atoms with Crippen LogP contribution in [0.25, 0.3) is 127 Å². The lowest BCUT2D eigenvalue weighted by Gasteiger charge is -2.19. The fourth-order valence-corrected chi connectivity index (χ4v) is 10.8. The topological polar surface area (TPSA) is 27.9 Å². The summed E-state index contributed by atoms with van der Waals surface area (Å²) in [5.74, 6) is 0. The fourth-order valence-electron chi connectivity index (χ4n) is 10.8. The first-order chi connectivity index (χ1) is 31.8. The summed E-state index contributed by atoms with van der Waals surface area (Å²) in [6, 6.07) is 81.5. The van der Waals surface area contributed by atoms with Gasteiger partial charge in [-0.25, -0.2) is 0 Å². The Morgan fingerprint density at radius 2 is 0.766 bits per heavy atom. The Morgan fingerprint density at radius 3 is 1.47 bits per heavy atom. The number of benzene rings is 10. The molecule has 0 amide bonds. The minimum atomic E-state index is 0.886. The summed E-state index contributed by atoms with van der Waals surface area (Å²) in [6.07, 6.45) is 0. The van der Waals surface area contributed by atoms with E-state index >= 15 is 0 Å². The summed E-state index contributed by atoms with van der Waals surface area (Å²) in [5, 5.41) is 9.49. The minimum absolute atomic E-state index is 0.886. The van der Waals surface area contributed by atoms with E-state index < -0.39 is 0 Å². The van der Waals surface area contributed by atoms with Crippen LogP contribution in [0.4, 0.5) is 0 Å². The first kappa shape index (κ1) is 35.0. The maximum absolute atomic E-state index is 6.84. The largest absolute Gasteiger partial charge is 0.455 e. The lowest BCUT2D eigenvalue weighted by atomic mass is 9.90. The van der Waals surface area contributed by atoms with E-state index in [1.165, 1.54) is 43.4 Å². The van der Waals surface area contributed by atoms with E-state index in [1.54, 1.807) is 0 Å². The summed E-state index contributed by atoms with van der Waals surface area (Å²) < 4.78 is 14.2. The molecule has 0 radical (unpaired) electrons. The number of rotatable bonds is 5. The van der Waals surface area contributed by atoms with Gasteiger partial charge in [-0.2, -0.15) is 0 Å². The van der Waals surface area contributed by atoms with Crippen LogP contribution in [0.2, 0.25) is 0 Å². The molecule has 64 heavy (non-hydrogen) atoms. The highest BCUT2D eigenvalue weighted by atomic mass is 16.3. The van der Waals surface area contributed by atoms with E-state index in [1.807, 2.05) is 0 Å². The molecule has 298 valence electrons. The second kappa shape index (κ2) is 13.4. The van der Waals surface area contributed by atoms with E-state index in [0.29, 0.717) is 0 Å². The van der Waals surface area contributed by atoms with Crippen molar-refractivity contribution >= 4 is 87.4 Å². The Hall–Kier alpha value is -8.60.